The minimum Gasteiger partial charge on any atom is -0.405 e. The zero-order valence-corrected chi connectivity index (χ0v) is 13.8. The highest BCUT2D eigenvalue weighted by Gasteiger charge is 2.31. The van der Waals surface area contributed by atoms with Crippen LogP contribution in [0.5, 0.6) is 5.75 Å². The van der Waals surface area contributed by atoms with Gasteiger partial charge in [-0.15, -0.1) is 13.2 Å². The predicted octanol–water partition coefficient (Wildman–Crippen LogP) is 3.44. The Morgan fingerprint density at radius 2 is 1.92 bits per heavy atom. The van der Waals surface area contributed by atoms with E-state index < -0.39 is 24.4 Å². The van der Waals surface area contributed by atoms with Gasteiger partial charge in [0.2, 0.25) is 5.91 Å². The Labute approximate surface area is 147 Å². The Hall–Kier alpha value is -2.16. The van der Waals surface area contributed by atoms with Gasteiger partial charge in [-0.1, -0.05) is 18.2 Å². The molecule has 4 nitrogen and oxygen atoms in total. The van der Waals surface area contributed by atoms with Gasteiger partial charge in [0.15, 0.2) is 0 Å². The summed E-state index contributed by atoms with van der Waals surface area (Å²) in [7, 11) is 0. The first-order valence-electron chi connectivity index (χ1n) is 8.07. The third kappa shape index (κ3) is 6.99. The molecule has 144 valence electrons. The Morgan fingerprint density at radius 3 is 2.54 bits per heavy atom. The zero-order chi connectivity index (χ0) is 19.2. The fraction of sp³-hybridized carbons (Fsp3) is 0.471. The van der Waals surface area contributed by atoms with E-state index >= 15 is 0 Å². The van der Waals surface area contributed by atoms with Crippen LogP contribution in [0.1, 0.15) is 18.4 Å². The topological polar surface area (TPSA) is 41.6 Å². The van der Waals surface area contributed by atoms with E-state index in [1.807, 2.05) is 0 Å². The number of hydrogen-bond donors (Lipinski definition) is 1. The molecule has 1 aromatic carbocycles. The largest absolute Gasteiger partial charge is 0.573 e. The van der Waals surface area contributed by atoms with Crippen LogP contribution in [0.15, 0.2) is 30.3 Å². The molecule has 26 heavy (non-hydrogen) atoms. The molecule has 1 saturated heterocycles. The van der Waals surface area contributed by atoms with Crippen molar-refractivity contribution in [2.24, 2.45) is 0 Å². The molecular formula is C17H19F5N2O2. The van der Waals surface area contributed by atoms with Crippen molar-refractivity contribution < 1.29 is 31.5 Å². The molecule has 0 saturated carbocycles. The van der Waals surface area contributed by atoms with Crippen molar-refractivity contribution in [2.75, 3.05) is 19.6 Å². The van der Waals surface area contributed by atoms with Gasteiger partial charge >= 0.3 is 6.36 Å². The van der Waals surface area contributed by atoms with Crippen molar-refractivity contribution in [2.45, 2.75) is 31.7 Å². The highest BCUT2D eigenvalue weighted by atomic mass is 19.4. The van der Waals surface area contributed by atoms with Gasteiger partial charge in [-0.05, 0) is 25.0 Å². The maximum atomic E-state index is 12.4. The summed E-state index contributed by atoms with van der Waals surface area (Å²) >= 11 is 0. The second-order valence-corrected chi connectivity index (χ2v) is 5.89. The summed E-state index contributed by atoms with van der Waals surface area (Å²) in [5.74, 6) is -0.858. The minimum absolute atomic E-state index is 0.117. The molecule has 1 amide bonds. The Kier molecular flexibility index (Phi) is 6.96. The van der Waals surface area contributed by atoms with E-state index in [4.69, 9.17) is 0 Å². The number of nitrogens with zero attached hydrogens (tertiary/aromatic N) is 1. The average molecular weight is 378 g/mol. The predicted molar refractivity (Wildman–Crippen MR) is 85.8 cm³/mol. The summed E-state index contributed by atoms with van der Waals surface area (Å²) in [4.78, 5) is 13.6. The lowest BCUT2D eigenvalue weighted by Gasteiger charge is -2.31. The number of carbonyl (C=O) groups is 1. The molecular weight excluding hydrogens is 359 g/mol. The first-order chi connectivity index (χ1) is 12.2. The standard InChI is InChI=1S/C17H19F5N2O2/c18-15(19)11-24-9-7-13(8-10-24)23-16(25)6-5-12-3-1-2-4-14(12)26-17(20,21)22/h1-6,13,15H,7-11H2,(H,23,25)/b6-5+. The first kappa shape index (κ1) is 20.2. The van der Waals surface area contributed by atoms with E-state index in [9.17, 15) is 26.7 Å². The van der Waals surface area contributed by atoms with E-state index in [1.54, 1.807) is 4.90 Å². The zero-order valence-electron chi connectivity index (χ0n) is 13.8. The second kappa shape index (κ2) is 8.98. The fourth-order valence-corrected chi connectivity index (χ4v) is 2.71. The third-order valence-electron chi connectivity index (χ3n) is 3.89. The van der Waals surface area contributed by atoms with Crippen LogP contribution >= 0.6 is 0 Å². The van der Waals surface area contributed by atoms with Crippen LogP contribution in [-0.4, -0.2) is 49.3 Å². The van der Waals surface area contributed by atoms with Crippen molar-refractivity contribution in [3.05, 3.63) is 35.9 Å². The molecule has 0 aliphatic carbocycles. The summed E-state index contributed by atoms with van der Waals surface area (Å²) in [6.45, 7) is 0.638. The lowest BCUT2D eigenvalue weighted by atomic mass is 10.0. The number of benzene rings is 1. The average Bonchev–Trinajstić information content (AvgIpc) is 2.54. The quantitative estimate of drug-likeness (QED) is 0.609. The molecule has 1 heterocycles. The Bertz CT molecular complexity index is 626. The van der Waals surface area contributed by atoms with Crippen LogP contribution < -0.4 is 10.1 Å². The number of para-hydroxylation sites is 1. The molecule has 0 atom stereocenters. The molecule has 1 aliphatic rings. The lowest BCUT2D eigenvalue weighted by Crippen LogP contribution is -2.45. The van der Waals surface area contributed by atoms with E-state index in [0.29, 0.717) is 25.9 Å². The van der Waals surface area contributed by atoms with Gasteiger partial charge in [0.05, 0.1) is 6.54 Å². The molecule has 2 rings (SSSR count). The van der Waals surface area contributed by atoms with Gasteiger partial charge < -0.3 is 10.1 Å². The number of carbonyl (C=O) groups excluding carboxylic acids is 1. The van der Waals surface area contributed by atoms with Crippen LogP contribution in [-0.2, 0) is 4.79 Å². The monoisotopic (exact) mass is 378 g/mol. The van der Waals surface area contributed by atoms with Crippen molar-refractivity contribution >= 4 is 12.0 Å². The molecule has 0 radical (unpaired) electrons. The maximum Gasteiger partial charge on any atom is 0.573 e. The number of likely N-dealkylation sites (tertiary alicyclic amines) is 1. The fourth-order valence-electron chi connectivity index (χ4n) is 2.71. The van der Waals surface area contributed by atoms with Crippen LogP contribution in [0.25, 0.3) is 6.08 Å². The summed E-state index contributed by atoms with van der Waals surface area (Å²) in [5.41, 5.74) is 0.117. The second-order valence-electron chi connectivity index (χ2n) is 5.89. The maximum absolute atomic E-state index is 12.4. The van der Waals surface area contributed by atoms with Gasteiger partial charge in [0, 0.05) is 30.8 Å². The van der Waals surface area contributed by atoms with E-state index in [-0.39, 0.29) is 18.2 Å². The molecule has 0 aromatic heterocycles. The summed E-state index contributed by atoms with van der Waals surface area (Å²) in [5, 5.41) is 2.73. The van der Waals surface area contributed by atoms with Crippen molar-refractivity contribution in [1.82, 2.24) is 10.2 Å². The molecule has 0 bridgehead atoms. The number of amides is 1. The number of alkyl halides is 5. The van der Waals surface area contributed by atoms with Gasteiger partial charge in [0.1, 0.15) is 5.75 Å². The van der Waals surface area contributed by atoms with Crippen molar-refractivity contribution in [1.29, 1.82) is 0 Å². The van der Waals surface area contributed by atoms with E-state index in [1.165, 1.54) is 24.3 Å². The smallest absolute Gasteiger partial charge is 0.405 e. The van der Waals surface area contributed by atoms with Gasteiger partial charge in [0.25, 0.3) is 6.43 Å². The first-order valence-corrected chi connectivity index (χ1v) is 8.07. The molecule has 1 N–H and O–H groups in total. The summed E-state index contributed by atoms with van der Waals surface area (Å²) < 4.78 is 65.6. The van der Waals surface area contributed by atoms with E-state index in [2.05, 4.69) is 10.1 Å². The molecule has 1 aromatic rings. The summed E-state index contributed by atoms with van der Waals surface area (Å²) in [6, 6.07) is 5.32. The van der Waals surface area contributed by atoms with Gasteiger partial charge in [-0.25, -0.2) is 8.78 Å². The van der Waals surface area contributed by atoms with Crippen molar-refractivity contribution in [3.8, 4) is 5.75 Å². The molecule has 1 aliphatic heterocycles. The molecule has 9 heteroatoms. The molecule has 0 spiro atoms. The Morgan fingerprint density at radius 1 is 1.27 bits per heavy atom. The number of rotatable bonds is 6. The highest BCUT2D eigenvalue weighted by molar-refractivity contribution is 5.92. The van der Waals surface area contributed by atoms with Crippen LogP contribution in [0.2, 0.25) is 0 Å². The Balaban J connectivity index is 1.87. The van der Waals surface area contributed by atoms with Gasteiger partial charge in [-0.3, -0.25) is 9.69 Å². The molecule has 0 unspecified atom stereocenters. The SMILES string of the molecule is O=C(/C=C/c1ccccc1OC(F)(F)F)NC1CCN(CC(F)F)CC1. The van der Waals surface area contributed by atoms with Crippen LogP contribution in [0.4, 0.5) is 22.0 Å². The summed E-state index contributed by atoms with van der Waals surface area (Å²) in [6.07, 6.45) is -3.76. The third-order valence-corrected chi connectivity index (χ3v) is 3.89. The van der Waals surface area contributed by atoms with Crippen molar-refractivity contribution in [3.63, 3.8) is 0 Å². The number of piperidine rings is 1. The number of hydrogen-bond acceptors (Lipinski definition) is 3. The van der Waals surface area contributed by atoms with Crippen LogP contribution in [0.3, 0.4) is 0 Å². The lowest BCUT2D eigenvalue weighted by molar-refractivity contribution is -0.274. The molecule has 1 fully saturated rings. The normalized spacial score (nSPS) is 17.0. The highest BCUT2D eigenvalue weighted by Crippen LogP contribution is 2.27. The van der Waals surface area contributed by atoms with Crippen LogP contribution in [0, 0.1) is 0 Å². The van der Waals surface area contributed by atoms with E-state index in [0.717, 1.165) is 12.1 Å². The minimum atomic E-state index is -4.82. The number of halogens is 5. The number of nitrogens with one attached hydrogen (secondary N) is 1. The number of ether oxygens (including phenoxy) is 1. The van der Waals surface area contributed by atoms with Gasteiger partial charge in [-0.2, -0.15) is 0 Å².